The van der Waals surface area contributed by atoms with E-state index in [0.29, 0.717) is 0 Å². The number of phosphoric ester groups is 1. The molecular formula is C10H13Li4N6O12P3. The molecule has 18 nitrogen and oxygen atoms in total. The summed E-state index contributed by atoms with van der Waals surface area (Å²) in [5.74, 6) is -0.159. The average molecular weight is 530 g/mol. The molecule has 3 heterocycles. The first-order chi connectivity index (χ1) is 14.2. The summed E-state index contributed by atoms with van der Waals surface area (Å²) < 4.78 is 50.6. The average Bonchev–Trinajstić information content (AvgIpc) is 3.13. The van der Waals surface area contributed by atoms with Crippen LogP contribution in [0.1, 0.15) is 12.6 Å². The van der Waals surface area contributed by atoms with Gasteiger partial charge in [0.15, 0.2) is 11.5 Å². The number of aromatic nitrogens is 4. The van der Waals surface area contributed by atoms with E-state index in [4.69, 9.17) is 16.2 Å². The molecule has 0 saturated carbocycles. The molecular weight excluding hydrogens is 517 g/mol. The minimum Gasteiger partial charge on any atom is -0.790 e. The maximum Gasteiger partial charge on any atom is 1.00 e. The molecule has 0 spiro atoms. The van der Waals surface area contributed by atoms with Crippen molar-refractivity contribution in [2.24, 2.45) is 0 Å². The summed E-state index contributed by atoms with van der Waals surface area (Å²) in [6.45, 7) is -0.934. The number of hydrogen-bond donors (Lipinski definition) is 3. The third-order valence-corrected chi connectivity index (χ3v) is 7.44. The molecule has 174 valence electrons. The molecule has 1 aliphatic rings. The van der Waals surface area contributed by atoms with Crippen molar-refractivity contribution in [3.05, 3.63) is 6.33 Å². The molecule has 0 bridgehead atoms. The first-order valence-electron chi connectivity index (χ1n) is 7.96. The fraction of sp³-hybridized carbons (Fsp3) is 0.500. The van der Waals surface area contributed by atoms with E-state index < -0.39 is 48.5 Å². The first kappa shape index (κ1) is 38.0. The van der Waals surface area contributed by atoms with Crippen LogP contribution < -0.4 is 106 Å². The Labute approximate surface area is 245 Å². The van der Waals surface area contributed by atoms with Crippen LogP contribution in [0.25, 0.3) is 11.2 Å². The number of fused-ring (bicyclic) bond motifs is 1. The Hall–Kier alpha value is 0.870. The van der Waals surface area contributed by atoms with Gasteiger partial charge in [-0.25, -0.2) is 9.29 Å². The third-order valence-electron chi connectivity index (χ3n) is 3.78. The predicted octanol–water partition coefficient (Wildman–Crippen LogP) is -15.5. The number of aliphatic hydroxyl groups excluding tert-OH is 1. The molecule has 0 aliphatic carbocycles. The van der Waals surface area contributed by atoms with Gasteiger partial charge in [-0.1, -0.05) is 0 Å². The number of rotatable bonds is 8. The summed E-state index contributed by atoms with van der Waals surface area (Å²) in [5, 5.41) is 10.1. The molecule has 5 N–H and O–H groups in total. The summed E-state index contributed by atoms with van der Waals surface area (Å²) in [6, 6.07) is 0. The fourth-order valence-corrected chi connectivity index (χ4v) is 5.52. The maximum atomic E-state index is 11.6. The Kier molecular flexibility index (Phi) is 15.5. The van der Waals surface area contributed by atoms with Gasteiger partial charge in [-0.3, -0.25) is 18.0 Å². The quantitative estimate of drug-likeness (QED) is 0.211. The Morgan fingerprint density at radius 1 is 1.06 bits per heavy atom. The molecule has 1 saturated heterocycles. The van der Waals surface area contributed by atoms with Gasteiger partial charge in [0.25, 0.3) is 15.6 Å². The summed E-state index contributed by atoms with van der Waals surface area (Å²) in [5.41, 5.74) is 11.6. The van der Waals surface area contributed by atoms with E-state index in [1.165, 1.54) is 10.9 Å². The van der Waals surface area contributed by atoms with E-state index in [1.54, 1.807) is 0 Å². The van der Waals surface area contributed by atoms with Crippen LogP contribution in [0, 0.1) is 0 Å². The molecule has 0 amide bonds. The van der Waals surface area contributed by atoms with E-state index in [2.05, 4.69) is 28.1 Å². The summed E-state index contributed by atoms with van der Waals surface area (Å²) >= 11 is 0. The van der Waals surface area contributed by atoms with Crippen molar-refractivity contribution in [1.82, 2.24) is 19.5 Å². The van der Waals surface area contributed by atoms with Crippen LogP contribution in [0.5, 0.6) is 0 Å². The number of anilines is 2. The standard InChI is InChI=1S/C10H17N6O12P3.4Li/c11-8-7-9(15-10(12)14-8)16(3-13-7)6-1-4(17)5(26-6)2-25-30(21,22)28-31(23,24)27-29(18,19)20;;;;/h3-6,17H,1-2H2,(H,21,22)(H,23,24)(H2,18,19,20)(H4,11,12,14,15);;;;/q;4*+1/p-4/t4-,5+,6+;;;;/m0..../s1. The Morgan fingerprint density at radius 2 is 1.66 bits per heavy atom. The van der Waals surface area contributed by atoms with Crippen LogP contribution in [0.3, 0.4) is 0 Å². The molecule has 0 aromatic carbocycles. The number of aliphatic hydroxyl groups is 1. The van der Waals surface area contributed by atoms with Crippen LogP contribution in [-0.2, 0) is 31.6 Å². The molecule has 35 heavy (non-hydrogen) atoms. The van der Waals surface area contributed by atoms with Crippen LogP contribution in [0.2, 0.25) is 0 Å². The Morgan fingerprint density at radius 3 is 2.23 bits per heavy atom. The monoisotopic (exact) mass is 530 g/mol. The number of imidazole rings is 1. The number of ether oxygens (including phenoxy) is 1. The van der Waals surface area contributed by atoms with Crippen molar-refractivity contribution in [2.45, 2.75) is 24.9 Å². The van der Waals surface area contributed by atoms with Crippen LogP contribution in [0.4, 0.5) is 11.8 Å². The molecule has 0 radical (unpaired) electrons. The number of phosphoric acid groups is 3. The van der Waals surface area contributed by atoms with Gasteiger partial charge in [-0.05, 0) is 0 Å². The predicted molar refractivity (Wildman–Crippen MR) is 89.6 cm³/mol. The van der Waals surface area contributed by atoms with Gasteiger partial charge < -0.3 is 50.0 Å². The zero-order valence-electron chi connectivity index (χ0n) is 18.9. The molecule has 1 aliphatic heterocycles. The third kappa shape index (κ3) is 10.5. The maximum absolute atomic E-state index is 11.6. The van der Waals surface area contributed by atoms with Gasteiger partial charge in [0.05, 0.1) is 26.9 Å². The SMILES string of the molecule is Nc1nc(N)c2ncn([C@H]3C[C@H](O)[C@@H](COP(=O)([O-])OP(=O)([O-])OP(=O)([O-])[O-])O3)c2n1.[Li+].[Li+].[Li+].[Li+]. The zero-order chi connectivity index (χ0) is 23.2. The van der Waals surface area contributed by atoms with Gasteiger partial charge >= 0.3 is 75.4 Å². The number of nitrogen functional groups attached to an aromatic ring is 2. The number of hydrogen-bond acceptors (Lipinski definition) is 17. The molecule has 2 aromatic heterocycles. The summed E-state index contributed by atoms with van der Waals surface area (Å²) in [4.78, 5) is 55.1. The van der Waals surface area contributed by atoms with E-state index in [9.17, 15) is 38.4 Å². The van der Waals surface area contributed by atoms with Gasteiger partial charge in [0.1, 0.15) is 17.8 Å². The topological polar surface area (TPSA) is 296 Å². The van der Waals surface area contributed by atoms with Crippen LogP contribution >= 0.6 is 23.5 Å². The summed E-state index contributed by atoms with van der Waals surface area (Å²) in [6.07, 6.45) is -2.34. The second-order valence-corrected chi connectivity index (χ2v) is 10.3. The molecule has 2 aromatic rings. The largest absolute Gasteiger partial charge is 1.00 e. The van der Waals surface area contributed by atoms with Gasteiger partial charge in [0.2, 0.25) is 5.95 Å². The Bertz CT molecular complexity index is 1140. The zero-order valence-corrected chi connectivity index (χ0v) is 21.6. The van der Waals surface area contributed by atoms with Crippen LogP contribution in [-0.4, -0.2) is 43.4 Å². The second kappa shape index (κ2) is 14.3. The fourth-order valence-electron chi connectivity index (χ4n) is 2.65. The van der Waals surface area contributed by atoms with Gasteiger partial charge in [-0.2, -0.15) is 9.97 Å². The minimum atomic E-state index is -6.10. The van der Waals surface area contributed by atoms with Crippen molar-refractivity contribution >= 4 is 46.4 Å². The van der Waals surface area contributed by atoms with Crippen molar-refractivity contribution in [3.63, 3.8) is 0 Å². The summed E-state index contributed by atoms with van der Waals surface area (Å²) in [7, 11) is -17.9. The number of nitrogens with two attached hydrogens (primary N) is 2. The first-order valence-corrected chi connectivity index (χ1v) is 12.3. The van der Waals surface area contributed by atoms with E-state index >= 15 is 0 Å². The van der Waals surface area contributed by atoms with Crippen molar-refractivity contribution < 1.29 is 132 Å². The minimum absolute atomic E-state index is 0. The normalized spacial score (nSPS) is 23.1. The number of nitrogens with zero attached hydrogens (tertiary/aromatic N) is 4. The van der Waals surface area contributed by atoms with Crippen LogP contribution in [0.15, 0.2) is 6.33 Å². The molecule has 25 heteroatoms. The smallest absolute Gasteiger partial charge is 0.790 e. The van der Waals surface area contributed by atoms with E-state index in [1.807, 2.05) is 0 Å². The van der Waals surface area contributed by atoms with Crippen molar-refractivity contribution in [3.8, 4) is 0 Å². The van der Waals surface area contributed by atoms with E-state index in [0.717, 1.165) is 0 Å². The van der Waals surface area contributed by atoms with E-state index in [-0.39, 0.29) is 105 Å². The second-order valence-electron chi connectivity index (χ2n) is 6.02. The Balaban J connectivity index is 0. The van der Waals surface area contributed by atoms with Crippen molar-refractivity contribution in [2.75, 3.05) is 18.1 Å². The molecule has 1 fully saturated rings. The molecule has 3 rings (SSSR count). The molecule has 5 atom stereocenters. The van der Waals surface area contributed by atoms with Gasteiger partial charge in [-0.15, -0.1) is 0 Å². The molecule has 2 unspecified atom stereocenters. The van der Waals surface area contributed by atoms with Gasteiger partial charge in [0, 0.05) is 6.42 Å². The van der Waals surface area contributed by atoms with Crippen molar-refractivity contribution in [1.29, 1.82) is 0 Å².